The highest BCUT2D eigenvalue weighted by molar-refractivity contribution is 6.35. The summed E-state index contributed by atoms with van der Waals surface area (Å²) in [4.78, 5) is 34.6. The van der Waals surface area contributed by atoms with Gasteiger partial charge in [-0.25, -0.2) is 0 Å². The monoisotopic (exact) mass is 397 g/mol. The number of rotatable bonds is 5. The molecule has 10 heteroatoms. The van der Waals surface area contributed by atoms with Gasteiger partial charge in [0.15, 0.2) is 5.75 Å². The molecular formula is C16H13Cl2N3O5. The van der Waals surface area contributed by atoms with E-state index in [9.17, 15) is 19.7 Å². The zero-order valence-corrected chi connectivity index (χ0v) is 14.9. The molecule has 0 aliphatic heterocycles. The van der Waals surface area contributed by atoms with E-state index in [-0.39, 0.29) is 34.2 Å². The van der Waals surface area contributed by atoms with E-state index in [4.69, 9.17) is 27.9 Å². The standard InChI is InChI=1S/C16H13Cl2N3O5/c1-2-26-14-6-3-9(7-13(14)21(24)25)15(22)19-20-16(23)11-8-10(17)4-5-12(11)18/h3-8H,2H2,1H3,(H,19,22)(H,20,23). The molecule has 8 nitrogen and oxygen atoms in total. The van der Waals surface area contributed by atoms with E-state index >= 15 is 0 Å². The van der Waals surface area contributed by atoms with Gasteiger partial charge in [0.05, 0.1) is 22.1 Å². The number of nitrogens with zero attached hydrogens (tertiary/aromatic N) is 1. The van der Waals surface area contributed by atoms with Crippen LogP contribution < -0.4 is 15.6 Å². The zero-order chi connectivity index (χ0) is 19.3. The SMILES string of the molecule is CCOc1ccc(C(=O)NNC(=O)c2cc(Cl)ccc2Cl)cc1[N+](=O)[O-]. The number of nitro benzene ring substituents is 1. The molecule has 0 heterocycles. The predicted octanol–water partition coefficient (Wildman–Crippen LogP) is 3.38. The lowest BCUT2D eigenvalue weighted by molar-refractivity contribution is -0.385. The van der Waals surface area contributed by atoms with Gasteiger partial charge in [-0.3, -0.25) is 30.6 Å². The summed E-state index contributed by atoms with van der Waals surface area (Å²) < 4.78 is 5.14. The van der Waals surface area contributed by atoms with Crippen LogP contribution in [0.5, 0.6) is 5.75 Å². The van der Waals surface area contributed by atoms with Crippen molar-refractivity contribution >= 4 is 40.7 Å². The molecule has 0 bridgehead atoms. The van der Waals surface area contributed by atoms with E-state index in [1.54, 1.807) is 6.92 Å². The lowest BCUT2D eigenvalue weighted by Gasteiger charge is -2.10. The normalized spacial score (nSPS) is 10.1. The highest BCUT2D eigenvalue weighted by atomic mass is 35.5. The molecule has 2 aromatic rings. The van der Waals surface area contributed by atoms with Gasteiger partial charge < -0.3 is 4.74 Å². The molecular weight excluding hydrogens is 385 g/mol. The number of nitro groups is 1. The summed E-state index contributed by atoms with van der Waals surface area (Å²) in [5.41, 5.74) is 4.01. The van der Waals surface area contributed by atoms with Gasteiger partial charge in [-0.15, -0.1) is 0 Å². The minimum absolute atomic E-state index is 0.0300. The summed E-state index contributed by atoms with van der Waals surface area (Å²) >= 11 is 11.7. The molecule has 2 N–H and O–H groups in total. The van der Waals surface area contributed by atoms with E-state index in [1.165, 1.54) is 30.3 Å². The van der Waals surface area contributed by atoms with Crippen LogP contribution in [0.1, 0.15) is 27.6 Å². The first-order valence-electron chi connectivity index (χ1n) is 7.30. The molecule has 0 aromatic heterocycles. The van der Waals surface area contributed by atoms with Crippen LogP contribution in [0.3, 0.4) is 0 Å². The quantitative estimate of drug-likeness (QED) is 0.593. The summed E-state index contributed by atoms with van der Waals surface area (Å²) in [6, 6.07) is 8.00. The third-order valence-electron chi connectivity index (χ3n) is 3.18. The molecule has 0 radical (unpaired) electrons. The van der Waals surface area contributed by atoms with Crippen molar-refractivity contribution in [1.29, 1.82) is 0 Å². The van der Waals surface area contributed by atoms with Crippen LogP contribution in [0.4, 0.5) is 5.69 Å². The molecule has 0 aliphatic carbocycles. The predicted molar refractivity (Wildman–Crippen MR) is 95.7 cm³/mol. The van der Waals surface area contributed by atoms with E-state index in [1.807, 2.05) is 0 Å². The maximum absolute atomic E-state index is 12.1. The van der Waals surface area contributed by atoms with Gasteiger partial charge in [0.2, 0.25) is 0 Å². The number of hydrogen-bond acceptors (Lipinski definition) is 5. The van der Waals surface area contributed by atoms with Crippen molar-refractivity contribution in [2.75, 3.05) is 6.61 Å². The molecule has 2 aromatic carbocycles. The second-order valence-corrected chi connectivity index (χ2v) is 5.75. The molecule has 2 rings (SSSR count). The Balaban J connectivity index is 2.12. The fourth-order valence-electron chi connectivity index (χ4n) is 2.00. The maximum atomic E-state index is 12.1. The Labute approximate surface area is 158 Å². The molecule has 0 atom stereocenters. The van der Waals surface area contributed by atoms with Gasteiger partial charge >= 0.3 is 5.69 Å². The number of amides is 2. The number of hydrazine groups is 1. The second-order valence-electron chi connectivity index (χ2n) is 4.91. The smallest absolute Gasteiger partial charge is 0.311 e. The minimum Gasteiger partial charge on any atom is -0.487 e. The summed E-state index contributed by atoms with van der Waals surface area (Å²) in [6.45, 7) is 1.92. The number of nitrogens with one attached hydrogen (secondary N) is 2. The zero-order valence-electron chi connectivity index (χ0n) is 13.4. The Morgan fingerprint density at radius 2 is 1.81 bits per heavy atom. The van der Waals surface area contributed by atoms with Gasteiger partial charge in [0, 0.05) is 16.7 Å². The first-order chi connectivity index (χ1) is 12.3. The Kier molecular flexibility index (Phi) is 6.37. The van der Waals surface area contributed by atoms with Crippen LogP contribution in [0.25, 0.3) is 0 Å². The Morgan fingerprint density at radius 3 is 2.46 bits per heavy atom. The van der Waals surface area contributed by atoms with E-state index in [0.717, 1.165) is 6.07 Å². The molecule has 136 valence electrons. The number of benzene rings is 2. The summed E-state index contributed by atoms with van der Waals surface area (Å²) in [6.07, 6.45) is 0. The first-order valence-corrected chi connectivity index (χ1v) is 8.06. The van der Waals surface area contributed by atoms with E-state index in [0.29, 0.717) is 5.02 Å². The van der Waals surface area contributed by atoms with Crippen molar-refractivity contribution in [1.82, 2.24) is 10.9 Å². The van der Waals surface area contributed by atoms with E-state index in [2.05, 4.69) is 10.9 Å². The Hall–Kier alpha value is -2.84. The van der Waals surface area contributed by atoms with Crippen molar-refractivity contribution < 1.29 is 19.2 Å². The van der Waals surface area contributed by atoms with Gasteiger partial charge in [0.1, 0.15) is 0 Å². The maximum Gasteiger partial charge on any atom is 0.311 e. The van der Waals surface area contributed by atoms with Crippen molar-refractivity contribution in [3.05, 3.63) is 67.7 Å². The van der Waals surface area contributed by atoms with Crippen molar-refractivity contribution in [3.8, 4) is 5.75 Å². The average molecular weight is 398 g/mol. The fraction of sp³-hybridized carbons (Fsp3) is 0.125. The minimum atomic E-state index is -0.748. The number of halogens is 2. The highest BCUT2D eigenvalue weighted by Crippen LogP contribution is 2.28. The van der Waals surface area contributed by atoms with Crippen LogP contribution in [-0.4, -0.2) is 23.3 Å². The lowest BCUT2D eigenvalue weighted by atomic mass is 10.2. The van der Waals surface area contributed by atoms with Crippen molar-refractivity contribution in [2.45, 2.75) is 6.92 Å². The first kappa shape index (κ1) is 19.5. The van der Waals surface area contributed by atoms with Crippen LogP contribution in [0, 0.1) is 10.1 Å². The lowest BCUT2D eigenvalue weighted by Crippen LogP contribution is -2.41. The highest BCUT2D eigenvalue weighted by Gasteiger charge is 2.19. The topological polar surface area (TPSA) is 111 Å². The molecule has 0 spiro atoms. The number of ether oxygens (including phenoxy) is 1. The molecule has 2 amide bonds. The molecule has 0 fully saturated rings. The van der Waals surface area contributed by atoms with Crippen LogP contribution >= 0.6 is 23.2 Å². The number of hydrogen-bond donors (Lipinski definition) is 2. The molecule has 0 aliphatic rings. The third-order valence-corrected chi connectivity index (χ3v) is 3.74. The van der Waals surface area contributed by atoms with E-state index < -0.39 is 16.7 Å². The second kappa shape index (κ2) is 8.50. The van der Waals surface area contributed by atoms with Crippen LogP contribution in [-0.2, 0) is 0 Å². The van der Waals surface area contributed by atoms with Crippen molar-refractivity contribution in [3.63, 3.8) is 0 Å². The average Bonchev–Trinajstić information content (AvgIpc) is 2.61. The Bertz CT molecular complexity index is 873. The summed E-state index contributed by atoms with van der Waals surface area (Å²) in [7, 11) is 0. The van der Waals surface area contributed by atoms with Crippen molar-refractivity contribution in [2.24, 2.45) is 0 Å². The van der Waals surface area contributed by atoms with Gasteiger partial charge in [-0.1, -0.05) is 23.2 Å². The largest absolute Gasteiger partial charge is 0.487 e. The third kappa shape index (κ3) is 4.62. The number of carbonyl (C=O) groups excluding carboxylic acids is 2. The Morgan fingerprint density at radius 1 is 1.12 bits per heavy atom. The van der Waals surface area contributed by atoms with Gasteiger partial charge in [-0.05, 0) is 37.3 Å². The van der Waals surface area contributed by atoms with Crippen LogP contribution in [0.15, 0.2) is 36.4 Å². The molecule has 0 saturated heterocycles. The van der Waals surface area contributed by atoms with Crippen LogP contribution in [0.2, 0.25) is 10.0 Å². The fourth-order valence-corrected chi connectivity index (χ4v) is 2.38. The van der Waals surface area contributed by atoms with Gasteiger partial charge in [0.25, 0.3) is 11.8 Å². The summed E-state index contributed by atoms with van der Waals surface area (Å²) in [5.74, 6) is -1.39. The summed E-state index contributed by atoms with van der Waals surface area (Å²) in [5, 5.41) is 11.5. The van der Waals surface area contributed by atoms with Gasteiger partial charge in [-0.2, -0.15) is 0 Å². The molecule has 0 saturated carbocycles. The molecule has 0 unspecified atom stereocenters. The number of carbonyl (C=O) groups is 2. The molecule has 26 heavy (non-hydrogen) atoms.